The van der Waals surface area contributed by atoms with Gasteiger partial charge in [0.2, 0.25) is 11.8 Å². The molecule has 0 saturated carbocycles. The van der Waals surface area contributed by atoms with Gasteiger partial charge in [-0.25, -0.2) is 0 Å². The van der Waals surface area contributed by atoms with E-state index in [-0.39, 0.29) is 11.8 Å². The maximum Gasteiger partial charge on any atom is 0.248 e. The van der Waals surface area contributed by atoms with Crippen LogP contribution >= 0.6 is 0 Å². The van der Waals surface area contributed by atoms with Crippen LogP contribution in [0.25, 0.3) is 6.08 Å². The van der Waals surface area contributed by atoms with Crippen LogP contribution in [-0.4, -0.2) is 26.0 Å². The average Bonchev–Trinajstić information content (AvgIpc) is 2.61. The van der Waals surface area contributed by atoms with Crippen LogP contribution in [0.2, 0.25) is 0 Å². The Hall–Kier alpha value is -3.28. The summed E-state index contributed by atoms with van der Waals surface area (Å²) in [6, 6.07) is 12.3. The van der Waals surface area contributed by atoms with Crippen molar-refractivity contribution < 1.29 is 19.1 Å². The Labute approximate surface area is 146 Å². The van der Waals surface area contributed by atoms with Gasteiger partial charge in [-0.05, 0) is 48.0 Å². The highest BCUT2D eigenvalue weighted by Crippen LogP contribution is 2.27. The number of carbonyl (C=O) groups excluding carboxylic acids is 2. The summed E-state index contributed by atoms with van der Waals surface area (Å²) in [6.07, 6.45) is 3.12. The van der Waals surface area contributed by atoms with E-state index in [9.17, 15) is 9.59 Å². The first-order chi connectivity index (χ1) is 12.0. The third kappa shape index (κ3) is 5.39. The molecule has 6 heteroatoms. The lowest BCUT2D eigenvalue weighted by Crippen LogP contribution is -2.08. The van der Waals surface area contributed by atoms with Gasteiger partial charge in [0.1, 0.15) is 0 Å². The minimum absolute atomic E-state index is 0.144. The predicted octanol–water partition coefficient (Wildman–Crippen LogP) is 3.31. The Kier molecular flexibility index (Phi) is 6.17. The molecule has 25 heavy (non-hydrogen) atoms. The Balaban J connectivity index is 1.99. The van der Waals surface area contributed by atoms with Crippen molar-refractivity contribution in [3.05, 3.63) is 54.1 Å². The number of nitrogens with one attached hydrogen (secondary N) is 2. The first-order valence-electron chi connectivity index (χ1n) is 7.60. The number of methoxy groups -OCH3 is 2. The Morgan fingerprint density at radius 3 is 2.04 bits per heavy atom. The van der Waals surface area contributed by atoms with Crippen LogP contribution in [0, 0.1) is 0 Å². The normalized spacial score (nSPS) is 10.4. The van der Waals surface area contributed by atoms with E-state index in [2.05, 4.69) is 10.6 Å². The molecule has 0 fully saturated rings. The minimum Gasteiger partial charge on any atom is -0.493 e. The van der Waals surface area contributed by atoms with Crippen molar-refractivity contribution in [1.82, 2.24) is 0 Å². The summed E-state index contributed by atoms with van der Waals surface area (Å²) < 4.78 is 10.4. The molecule has 0 aliphatic rings. The van der Waals surface area contributed by atoms with Crippen LogP contribution in [-0.2, 0) is 9.59 Å². The van der Waals surface area contributed by atoms with Crippen LogP contribution in [0.5, 0.6) is 11.5 Å². The van der Waals surface area contributed by atoms with Crippen molar-refractivity contribution in [2.75, 3.05) is 24.9 Å². The SMILES string of the molecule is COc1ccc(/C=C/C(=O)Nc2ccc(NC(C)=O)cc2)cc1OC. The van der Waals surface area contributed by atoms with Gasteiger partial charge in [-0.2, -0.15) is 0 Å². The molecular weight excluding hydrogens is 320 g/mol. The smallest absolute Gasteiger partial charge is 0.248 e. The van der Waals surface area contributed by atoms with Crippen LogP contribution < -0.4 is 20.1 Å². The number of rotatable bonds is 6. The second-order valence-electron chi connectivity index (χ2n) is 5.20. The lowest BCUT2D eigenvalue weighted by molar-refractivity contribution is -0.114. The number of carbonyl (C=O) groups is 2. The number of benzene rings is 2. The molecule has 0 saturated heterocycles. The van der Waals surface area contributed by atoms with Gasteiger partial charge in [-0.1, -0.05) is 6.07 Å². The molecule has 2 aromatic rings. The third-order valence-corrected chi connectivity index (χ3v) is 3.31. The van der Waals surface area contributed by atoms with E-state index in [1.807, 2.05) is 6.07 Å². The molecule has 0 bridgehead atoms. The molecule has 130 valence electrons. The predicted molar refractivity (Wildman–Crippen MR) is 98.0 cm³/mol. The molecule has 0 radical (unpaired) electrons. The number of anilines is 2. The molecular formula is C19H20N2O4. The zero-order chi connectivity index (χ0) is 18.2. The quantitative estimate of drug-likeness (QED) is 0.791. The second-order valence-corrected chi connectivity index (χ2v) is 5.20. The van der Waals surface area contributed by atoms with Gasteiger partial charge in [0.25, 0.3) is 0 Å². The topological polar surface area (TPSA) is 76.7 Å². The number of ether oxygens (including phenoxy) is 2. The molecule has 0 aliphatic heterocycles. The van der Waals surface area contributed by atoms with E-state index in [0.29, 0.717) is 22.9 Å². The molecule has 0 aliphatic carbocycles. The molecule has 0 aromatic heterocycles. The summed E-state index contributed by atoms with van der Waals surface area (Å²) in [5.74, 6) is 0.818. The van der Waals surface area contributed by atoms with E-state index < -0.39 is 0 Å². The van der Waals surface area contributed by atoms with E-state index >= 15 is 0 Å². The summed E-state index contributed by atoms with van der Waals surface area (Å²) in [5, 5.41) is 5.41. The molecule has 0 spiro atoms. The minimum atomic E-state index is -0.262. The van der Waals surface area contributed by atoms with Gasteiger partial charge >= 0.3 is 0 Å². The van der Waals surface area contributed by atoms with E-state index in [1.54, 1.807) is 56.7 Å². The van der Waals surface area contributed by atoms with Crippen molar-refractivity contribution in [1.29, 1.82) is 0 Å². The van der Waals surface area contributed by atoms with E-state index in [0.717, 1.165) is 5.56 Å². The molecule has 0 atom stereocenters. The van der Waals surface area contributed by atoms with Gasteiger partial charge in [-0.3, -0.25) is 9.59 Å². The Morgan fingerprint density at radius 1 is 0.880 bits per heavy atom. The van der Waals surface area contributed by atoms with Gasteiger partial charge in [0.15, 0.2) is 11.5 Å². The average molecular weight is 340 g/mol. The maximum absolute atomic E-state index is 12.0. The summed E-state index contributed by atoms with van der Waals surface area (Å²) >= 11 is 0. The second kappa shape index (κ2) is 8.54. The van der Waals surface area contributed by atoms with E-state index in [1.165, 1.54) is 13.0 Å². The maximum atomic E-state index is 12.0. The van der Waals surface area contributed by atoms with Crippen molar-refractivity contribution >= 4 is 29.3 Å². The van der Waals surface area contributed by atoms with Crippen molar-refractivity contribution in [2.45, 2.75) is 6.92 Å². The fraction of sp³-hybridized carbons (Fsp3) is 0.158. The third-order valence-electron chi connectivity index (χ3n) is 3.31. The molecule has 0 unspecified atom stereocenters. The van der Waals surface area contributed by atoms with Crippen LogP contribution in [0.4, 0.5) is 11.4 Å². The van der Waals surface area contributed by atoms with Gasteiger partial charge in [-0.15, -0.1) is 0 Å². The van der Waals surface area contributed by atoms with Crippen molar-refractivity contribution in [2.24, 2.45) is 0 Å². The molecule has 2 N–H and O–H groups in total. The zero-order valence-corrected chi connectivity index (χ0v) is 14.3. The Bertz CT molecular complexity index is 783. The summed E-state index contributed by atoms with van der Waals surface area (Å²) in [7, 11) is 3.13. The monoisotopic (exact) mass is 340 g/mol. The van der Waals surface area contributed by atoms with Crippen molar-refractivity contribution in [3.8, 4) is 11.5 Å². The molecule has 2 amide bonds. The summed E-state index contributed by atoms with van der Waals surface area (Å²) in [5.41, 5.74) is 2.12. The van der Waals surface area contributed by atoms with Gasteiger partial charge in [0.05, 0.1) is 14.2 Å². The Morgan fingerprint density at radius 2 is 1.48 bits per heavy atom. The number of hydrogen-bond donors (Lipinski definition) is 2. The molecule has 6 nitrogen and oxygen atoms in total. The number of amides is 2. The zero-order valence-electron chi connectivity index (χ0n) is 14.3. The molecule has 2 aromatic carbocycles. The first-order valence-corrected chi connectivity index (χ1v) is 7.60. The largest absolute Gasteiger partial charge is 0.493 e. The van der Waals surface area contributed by atoms with Crippen LogP contribution in [0.1, 0.15) is 12.5 Å². The lowest BCUT2D eigenvalue weighted by atomic mass is 10.2. The molecule has 2 rings (SSSR count). The fourth-order valence-electron chi connectivity index (χ4n) is 2.15. The highest BCUT2D eigenvalue weighted by Gasteiger charge is 2.04. The standard InChI is InChI=1S/C19H20N2O4/c1-13(22)20-15-6-8-16(9-7-15)21-19(23)11-5-14-4-10-17(24-2)18(12-14)25-3/h4-12H,1-3H3,(H,20,22)(H,21,23)/b11-5+. The van der Waals surface area contributed by atoms with Crippen LogP contribution in [0.3, 0.4) is 0 Å². The van der Waals surface area contributed by atoms with E-state index in [4.69, 9.17) is 9.47 Å². The highest BCUT2D eigenvalue weighted by molar-refractivity contribution is 6.02. The van der Waals surface area contributed by atoms with Gasteiger partial charge < -0.3 is 20.1 Å². The lowest BCUT2D eigenvalue weighted by Gasteiger charge is -2.07. The first kappa shape index (κ1) is 18.1. The van der Waals surface area contributed by atoms with Crippen molar-refractivity contribution in [3.63, 3.8) is 0 Å². The molecule has 0 heterocycles. The van der Waals surface area contributed by atoms with Gasteiger partial charge in [0, 0.05) is 24.4 Å². The number of hydrogen-bond acceptors (Lipinski definition) is 4. The summed E-state index contributed by atoms with van der Waals surface area (Å²) in [6.45, 7) is 1.44. The summed E-state index contributed by atoms with van der Waals surface area (Å²) in [4.78, 5) is 23.0. The highest BCUT2D eigenvalue weighted by atomic mass is 16.5. The van der Waals surface area contributed by atoms with Crippen LogP contribution in [0.15, 0.2) is 48.5 Å². The fourth-order valence-corrected chi connectivity index (χ4v) is 2.15.